The first kappa shape index (κ1) is 11.4. The molecule has 4 nitrogen and oxygen atoms in total. The van der Waals surface area contributed by atoms with Crippen LogP contribution in [-0.2, 0) is 9.53 Å². The van der Waals surface area contributed by atoms with Gasteiger partial charge in [0.25, 0.3) is 0 Å². The van der Waals surface area contributed by atoms with E-state index in [2.05, 4.69) is 13.8 Å². The molecule has 3 N–H and O–H groups in total. The van der Waals surface area contributed by atoms with Crippen LogP contribution >= 0.6 is 0 Å². The minimum absolute atomic E-state index is 0.0993. The van der Waals surface area contributed by atoms with Crippen LogP contribution in [0.1, 0.15) is 20.3 Å². The Hall–Kier alpha value is -0.610. The summed E-state index contributed by atoms with van der Waals surface area (Å²) in [5, 5.41) is 8.39. The SMILES string of the molecule is CC(C)CCOC[C@H](N)C(=O)O. The lowest BCUT2D eigenvalue weighted by Crippen LogP contribution is -2.35. The molecule has 1 atom stereocenters. The Morgan fingerprint density at radius 3 is 2.58 bits per heavy atom. The summed E-state index contributed by atoms with van der Waals surface area (Å²) in [4.78, 5) is 10.2. The van der Waals surface area contributed by atoms with E-state index in [1.54, 1.807) is 0 Å². The van der Waals surface area contributed by atoms with Gasteiger partial charge < -0.3 is 15.6 Å². The van der Waals surface area contributed by atoms with E-state index in [0.717, 1.165) is 6.42 Å². The molecule has 0 unspecified atom stereocenters. The molecule has 0 aliphatic carbocycles. The third-order valence-electron chi connectivity index (χ3n) is 1.45. The maximum Gasteiger partial charge on any atom is 0.322 e. The number of rotatable bonds is 6. The van der Waals surface area contributed by atoms with Gasteiger partial charge in [-0.2, -0.15) is 0 Å². The third-order valence-corrected chi connectivity index (χ3v) is 1.45. The molecule has 0 fully saturated rings. The van der Waals surface area contributed by atoms with Gasteiger partial charge >= 0.3 is 5.97 Å². The average Bonchev–Trinajstić information content (AvgIpc) is 1.97. The number of hydrogen-bond acceptors (Lipinski definition) is 3. The monoisotopic (exact) mass is 175 g/mol. The second kappa shape index (κ2) is 5.97. The van der Waals surface area contributed by atoms with Gasteiger partial charge in [0.1, 0.15) is 6.04 Å². The van der Waals surface area contributed by atoms with Gasteiger partial charge in [0.05, 0.1) is 6.61 Å². The number of aliphatic carboxylic acids is 1. The molecule has 0 aliphatic rings. The Balaban J connectivity index is 3.25. The smallest absolute Gasteiger partial charge is 0.322 e. The summed E-state index contributed by atoms with van der Waals surface area (Å²) in [6, 6.07) is -0.892. The molecule has 0 aliphatic heterocycles. The van der Waals surface area contributed by atoms with Crippen LogP contribution in [0.5, 0.6) is 0 Å². The normalized spacial score (nSPS) is 13.3. The van der Waals surface area contributed by atoms with Crippen molar-refractivity contribution < 1.29 is 14.6 Å². The maximum absolute atomic E-state index is 10.2. The number of carboxylic acid groups (broad SMARTS) is 1. The average molecular weight is 175 g/mol. The van der Waals surface area contributed by atoms with Crippen molar-refractivity contribution in [3.8, 4) is 0 Å². The van der Waals surface area contributed by atoms with Crippen LogP contribution in [-0.4, -0.2) is 30.3 Å². The lowest BCUT2D eigenvalue weighted by molar-refractivity contribution is -0.140. The Morgan fingerprint density at radius 1 is 1.58 bits per heavy atom. The van der Waals surface area contributed by atoms with E-state index in [1.807, 2.05) is 0 Å². The van der Waals surface area contributed by atoms with Crippen LogP contribution < -0.4 is 5.73 Å². The molecule has 0 rings (SSSR count). The zero-order valence-corrected chi connectivity index (χ0v) is 7.62. The van der Waals surface area contributed by atoms with Crippen molar-refractivity contribution in [2.24, 2.45) is 11.7 Å². The molecule has 0 amide bonds. The quantitative estimate of drug-likeness (QED) is 0.575. The van der Waals surface area contributed by atoms with Gasteiger partial charge in [0.2, 0.25) is 0 Å². The molecule has 0 spiro atoms. The first-order chi connectivity index (χ1) is 5.54. The highest BCUT2D eigenvalue weighted by Gasteiger charge is 2.10. The van der Waals surface area contributed by atoms with Crippen molar-refractivity contribution in [3.63, 3.8) is 0 Å². The highest BCUT2D eigenvalue weighted by Crippen LogP contribution is 1.98. The predicted octanol–water partition coefficient (Wildman–Crippen LogP) is 0.461. The van der Waals surface area contributed by atoms with E-state index < -0.39 is 12.0 Å². The van der Waals surface area contributed by atoms with Gasteiger partial charge in [-0.25, -0.2) is 0 Å². The summed E-state index contributed by atoms with van der Waals surface area (Å²) in [6.07, 6.45) is 0.937. The van der Waals surface area contributed by atoms with Gasteiger partial charge in [-0.3, -0.25) is 4.79 Å². The number of nitrogens with two attached hydrogens (primary N) is 1. The molecule has 0 aromatic heterocycles. The van der Waals surface area contributed by atoms with Crippen LogP contribution in [0, 0.1) is 5.92 Å². The number of ether oxygens (including phenoxy) is 1. The first-order valence-electron chi connectivity index (χ1n) is 4.10. The standard InChI is InChI=1S/C8H17NO3/c1-6(2)3-4-12-5-7(9)8(10)11/h6-7H,3-5,9H2,1-2H3,(H,10,11)/t7-/m0/s1. The Kier molecular flexibility index (Phi) is 5.66. The minimum atomic E-state index is -1.01. The Bertz CT molecular complexity index is 136. The number of hydrogen-bond donors (Lipinski definition) is 2. The summed E-state index contributed by atoms with van der Waals surface area (Å²) in [7, 11) is 0. The first-order valence-corrected chi connectivity index (χ1v) is 4.10. The van der Waals surface area contributed by atoms with Crippen LogP contribution in [0.15, 0.2) is 0 Å². The van der Waals surface area contributed by atoms with Gasteiger partial charge in [0.15, 0.2) is 0 Å². The fraction of sp³-hybridized carbons (Fsp3) is 0.875. The topological polar surface area (TPSA) is 72.5 Å². The highest BCUT2D eigenvalue weighted by molar-refractivity contribution is 5.73. The van der Waals surface area contributed by atoms with E-state index in [4.69, 9.17) is 15.6 Å². The lowest BCUT2D eigenvalue weighted by Gasteiger charge is -2.08. The van der Waals surface area contributed by atoms with E-state index in [1.165, 1.54) is 0 Å². The van der Waals surface area contributed by atoms with Gasteiger partial charge in [-0.1, -0.05) is 13.8 Å². The van der Waals surface area contributed by atoms with Crippen molar-refractivity contribution in [3.05, 3.63) is 0 Å². The molecule has 12 heavy (non-hydrogen) atoms. The molecular formula is C8H17NO3. The fourth-order valence-corrected chi connectivity index (χ4v) is 0.601. The summed E-state index contributed by atoms with van der Waals surface area (Å²) in [6.45, 7) is 4.85. The second-order valence-electron chi connectivity index (χ2n) is 3.20. The van der Waals surface area contributed by atoms with Crippen LogP contribution in [0.2, 0.25) is 0 Å². The molecule has 72 valence electrons. The molecule has 0 saturated carbocycles. The van der Waals surface area contributed by atoms with Crippen LogP contribution in [0.25, 0.3) is 0 Å². The van der Waals surface area contributed by atoms with Gasteiger partial charge in [-0.15, -0.1) is 0 Å². The summed E-state index contributed by atoms with van der Waals surface area (Å²) < 4.78 is 5.06. The lowest BCUT2D eigenvalue weighted by atomic mass is 10.1. The number of carboxylic acids is 1. The Labute approximate surface area is 72.7 Å². The van der Waals surface area contributed by atoms with Crippen molar-refractivity contribution >= 4 is 5.97 Å². The minimum Gasteiger partial charge on any atom is -0.480 e. The summed E-state index contributed by atoms with van der Waals surface area (Å²) in [5.74, 6) is -0.439. The van der Waals surface area contributed by atoms with Crippen molar-refractivity contribution in [1.82, 2.24) is 0 Å². The highest BCUT2D eigenvalue weighted by atomic mass is 16.5. The Morgan fingerprint density at radius 2 is 2.17 bits per heavy atom. The van der Waals surface area contributed by atoms with Crippen molar-refractivity contribution in [2.45, 2.75) is 26.3 Å². The predicted molar refractivity (Wildman–Crippen MR) is 45.9 cm³/mol. The van der Waals surface area contributed by atoms with Gasteiger partial charge in [0, 0.05) is 6.61 Å². The molecule has 0 saturated heterocycles. The molecule has 0 aromatic carbocycles. The van der Waals surface area contributed by atoms with Gasteiger partial charge in [-0.05, 0) is 12.3 Å². The second-order valence-corrected chi connectivity index (χ2v) is 3.20. The van der Waals surface area contributed by atoms with E-state index in [-0.39, 0.29) is 6.61 Å². The third kappa shape index (κ3) is 6.12. The summed E-state index contributed by atoms with van der Waals surface area (Å²) >= 11 is 0. The van der Waals surface area contributed by atoms with E-state index in [9.17, 15) is 4.79 Å². The molecular weight excluding hydrogens is 158 g/mol. The van der Waals surface area contributed by atoms with Crippen molar-refractivity contribution in [1.29, 1.82) is 0 Å². The fourth-order valence-electron chi connectivity index (χ4n) is 0.601. The zero-order valence-electron chi connectivity index (χ0n) is 7.62. The summed E-state index contributed by atoms with van der Waals surface area (Å²) in [5.41, 5.74) is 5.21. The molecule has 0 radical (unpaired) electrons. The van der Waals surface area contributed by atoms with E-state index in [0.29, 0.717) is 12.5 Å². The van der Waals surface area contributed by atoms with Crippen LogP contribution in [0.4, 0.5) is 0 Å². The number of carbonyl (C=O) groups is 1. The van der Waals surface area contributed by atoms with E-state index >= 15 is 0 Å². The molecule has 0 bridgehead atoms. The maximum atomic E-state index is 10.2. The largest absolute Gasteiger partial charge is 0.480 e. The zero-order chi connectivity index (χ0) is 9.56. The van der Waals surface area contributed by atoms with Crippen LogP contribution in [0.3, 0.4) is 0 Å². The molecule has 0 aromatic rings. The molecule has 4 heteroatoms. The van der Waals surface area contributed by atoms with Crippen molar-refractivity contribution in [2.75, 3.05) is 13.2 Å². The molecule has 0 heterocycles.